The van der Waals surface area contributed by atoms with Crippen LogP contribution in [-0.2, 0) is 0 Å². The smallest absolute Gasteiger partial charge is 0.410 e. The van der Waals surface area contributed by atoms with Gasteiger partial charge in [-0.15, -0.1) is 0 Å². The third kappa shape index (κ3) is 3.91. The number of hydrogen-bond acceptors (Lipinski definition) is 3. The van der Waals surface area contributed by atoms with E-state index in [1.807, 2.05) is 6.07 Å². The van der Waals surface area contributed by atoms with Crippen molar-refractivity contribution < 1.29 is 18.7 Å². The number of amides is 2. The Labute approximate surface area is 149 Å². The van der Waals surface area contributed by atoms with Crippen molar-refractivity contribution >= 4 is 23.6 Å². The quantitative estimate of drug-likeness (QED) is 0.822. The van der Waals surface area contributed by atoms with E-state index in [1.165, 1.54) is 28.0 Å². The minimum Gasteiger partial charge on any atom is -0.410 e. The summed E-state index contributed by atoms with van der Waals surface area (Å²) < 4.78 is 19.2. The molecule has 2 aromatic carbocycles. The fourth-order valence-electron chi connectivity index (χ4n) is 2.61. The zero-order valence-corrected chi connectivity index (χ0v) is 14.1. The van der Waals surface area contributed by atoms with E-state index in [4.69, 9.17) is 16.3 Å². The fourth-order valence-corrected chi connectivity index (χ4v) is 2.85. The van der Waals surface area contributed by atoms with Crippen molar-refractivity contribution in [3.8, 4) is 5.75 Å². The SMILES string of the molecule is O=C(Oc1ccccc1)N1CCN(C(=O)c2c(F)cccc2Cl)CC1. The van der Waals surface area contributed by atoms with Crippen molar-refractivity contribution in [2.24, 2.45) is 0 Å². The van der Waals surface area contributed by atoms with Crippen LogP contribution in [0.5, 0.6) is 5.75 Å². The predicted octanol–water partition coefficient (Wildman–Crippen LogP) is 3.44. The largest absolute Gasteiger partial charge is 0.415 e. The van der Waals surface area contributed by atoms with Crippen molar-refractivity contribution in [1.29, 1.82) is 0 Å². The van der Waals surface area contributed by atoms with Gasteiger partial charge in [-0.25, -0.2) is 9.18 Å². The van der Waals surface area contributed by atoms with Crippen LogP contribution < -0.4 is 4.74 Å². The molecule has 1 aliphatic heterocycles. The molecular weight excluding hydrogens is 347 g/mol. The van der Waals surface area contributed by atoms with Gasteiger partial charge >= 0.3 is 6.09 Å². The van der Waals surface area contributed by atoms with Gasteiger partial charge in [0.25, 0.3) is 5.91 Å². The van der Waals surface area contributed by atoms with E-state index in [2.05, 4.69) is 0 Å². The summed E-state index contributed by atoms with van der Waals surface area (Å²) in [6, 6.07) is 12.9. The average Bonchev–Trinajstić information content (AvgIpc) is 2.62. The Morgan fingerprint density at radius 3 is 2.20 bits per heavy atom. The van der Waals surface area contributed by atoms with Crippen LogP contribution in [0.4, 0.5) is 9.18 Å². The molecule has 5 nitrogen and oxygen atoms in total. The van der Waals surface area contributed by atoms with Crippen LogP contribution in [0.2, 0.25) is 5.02 Å². The highest BCUT2D eigenvalue weighted by molar-refractivity contribution is 6.33. The zero-order valence-electron chi connectivity index (χ0n) is 13.3. The Hall–Kier alpha value is -2.60. The molecule has 1 aliphatic rings. The number of nitrogens with zero attached hydrogens (tertiary/aromatic N) is 2. The lowest BCUT2D eigenvalue weighted by molar-refractivity contribution is 0.0629. The summed E-state index contributed by atoms with van der Waals surface area (Å²) in [6.45, 7) is 1.19. The molecule has 1 saturated heterocycles. The number of piperazine rings is 1. The third-order valence-electron chi connectivity index (χ3n) is 3.95. The van der Waals surface area contributed by atoms with E-state index < -0.39 is 17.8 Å². The van der Waals surface area contributed by atoms with Crippen molar-refractivity contribution in [3.05, 3.63) is 64.9 Å². The van der Waals surface area contributed by atoms with Crippen LogP contribution in [0, 0.1) is 5.82 Å². The molecule has 0 unspecified atom stereocenters. The number of halogens is 2. The first-order chi connectivity index (χ1) is 12.1. The Kier molecular flexibility index (Phi) is 5.19. The summed E-state index contributed by atoms with van der Waals surface area (Å²) in [6.07, 6.45) is -0.470. The second-order valence-electron chi connectivity index (χ2n) is 5.56. The van der Waals surface area contributed by atoms with Crippen molar-refractivity contribution in [3.63, 3.8) is 0 Å². The van der Waals surface area contributed by atoms with Gasteiger partial charge in [0.1, 0.15) is 11.6 Å². The van der Waals surface area contributed by atoms with Crippen molar-refractivity contribution in [1.82, 2.24) is 9.80 Å². The number of hydrogen-bond donors (Lipinski definition) is 0. The van der Waals surface area contributed by atoms with Gasteiger partial charge in [-0.05, 0) is 24.3 Å². The standard InChI is InChI=1S/C18H16ClFN2O3/c19-14-7-4-8-15(20)16(14)17(23)21-9-11-22(12-10-21)18(24)25-13-5-2-1-3-6-13/h1-8H,9-12H2. The maximum Gasteiger partial charge on any atom is 0.415 e. The fraction of sp³-hybridized carbons (Fsp3) is 0.222. The third-order valence-corrected chi connectivity index (χ3v) is 4.27. The molecule has 3 rings (SSSR count). The van der Waals surface area contributed by atoms with Crippen molar-refractivity contribution in [2.45, 2.75) is 0 Å². The van der Waals surface area contributed by atoms with Gasteiger partial charge in [-0.2, -0.15) is 0 Å². The van der Waals surface area contributed by atoms with Crippen LogP contribution in [0.3, 0.4) is 0 Å². The minimum absolute atomic E-state index is 0.0796. The number of benzene rings is 2. The number of para-hydroxylation sites is 1. The van der Waals surface area contributed by atoms with Crippen LogP contribution in [0.1, 0.15) is 10.4 Å². The normalized spacial score (nSPS) is 14.3. The molecule has 0 saturated carbocycles. The molecule has 0 spiro atoms. The first kappa shape index (κ1) is 17.2. The lowest BCUT2D eigenvalue weighted by atomic mass is 10.1. The Balaban J connectivity index is 1.60. The molecule has 1 fully saturated rings. The van der Waals surface area contributed by atoms with E-state index in [9.17, 15) is 14.0 Å². The lowest BCUT2D eigenvalue weighted by Gasteiger charge is -2.34. The molecular formula is C18H16ClFN2O3. The summed E-state index contributed by atoms with van der Waals surface area (Å²) in [7, 11) is 0. The summed E-state index contributed by atoms with van der Waals surface area (Å²) in [5, 5.41) is 0.0796. The molecule has 130 valence electrons. The molecule has 0 N–H and O–H groups in total. The number of carbonyl (C=O) groups excluding carboxylic acids is 2. The molecule has 7 heteroatoms. The van der Waals surface area contributed by atoms with E-state index in [-0.39, 0.29) is 23.7 Å². The topological polar surface area (TPSA) is 49.9 Å². The molecule has 0 bridgehead atoms. The van der Waals surface area contributed by atoms with E-state index >= 15 is 0 Å². The molecule has 0 aliphatic carbocycles. The van der Waals surface area contributed by atoms with Gasteiger partial charge in [-0.3, -0.25) is 4.79 Å². The molecule has 0 radical (unpaired) electrons. The highest BCUT2D eigenvalue weighted by atomic mass is 35.5. The highest BCUT2D eigenvalue weighted by Crippen LogP contribution is 2.21. The van der Waals surface area contributed by atoms with Gasteiger partial charge in [-0.1, -0.05) is 35.9 Å². The van der Waals surface area contributed by atoms with Crippen LogP contribution in [0.25, 0.3) is 0 Å². The van der Waals surface area contributed by atoms with Gasteiger partial charge in [0, 0.05) is 26.2 Å². The van der Waals surface area contributed by atoms with E-state index in [1.54, 1.807) is 24.3 Å². The summed E-state index contributed by atoms with van der Waals surface area (Å²) >= 11 is 5.94. The molecule has 0 atom stereocenters. The highest BCUT2D eigenvalue weighted by Gasteiger charge is 2.28. The van der Waals surface area contributed by atoms with E-state index in [0.29, 0.717) is 18.8 Å². The van der Waals surface area contributed by atoms with Crippen molar-refractivity contribution in [2.75, 3.05) is 26.2 Å². The molecule has 2 aromatic rings. The Morgan fingerprint density at radius 1 is 0.920 bits per heavy atom. The van der Waals surface area contributed by atoms with Crippen LogP contribution >= 0.6 is 11.6 Å². The number of rotatable bonds is 2. The number of ether oxygens (including phenoxy) is 1. The van der Waals surface area contributed by atoms with Gasteiger partial charge in [0.2, 0.25) is 0 Å². The van der Waals surface area contributed by atoms with Crippen LogP contribution in [-0.4, -0.2) is 48.0 Å². The van der Waals surface area contributed by atoms with Gasteiger partial charge in [0.15, 0.2) is 0 Å². The number of carbonyl (C=O) groups is 2. The predicted molar refractivity (Wildman–Crippen MR) is 91.4 cm³/mol. The second-order valence-corrected chi connectivity index (χ2v) is 5.96. The second kappa shape index (κ2) is 7.53. The first-order valence-corrected chi connectivity index (χ1v) is 8.19. The Morgan fingerprint density at radius 2 is 1.56 bits per heavy atom. The van der Waals surface area contributed by atoms with Gasteiger partial charge in [0.05, 0.1) is 10.6 Å². The molecule has 2 amide bonds. The zero-order chi connectivity index (χ0) is 17.8. The van der Waals surface area contributed by atoms with Crippen LogP contribution in [0.15, 0.2) is 48.5 Å². The maximum atomic E-state index is 13.9. The molecule has 0 aromatic heterocycles. The molecule has 25 heavy (non-hydrogen) atoms. The summed E-state index contributed by atoms with van der Waals surface area (Å²) in [4.78, 5) is 27.6. The minimum atomic E-state index is -0.650. The van der Waals surface area contributed by atoms with Gasteiger partial charge < -0.3 is 14.5 Å². The summed E-state index contributed by atoms with van der Waals surface area (Å²) in [5.74, 6) is -0.660. The maximum absolute atomic E-state index is 13.9. The lowest BCUT2D eigenvalue weighted by Crippen LogP contribution is -2.51. The average molecular weight is 363 g/mol. The summed E-state index contributed by atoms with van der Waals surface area (Å²) in [5.41, 5.74) is -0.135. The Bertz CT molecular complexity index is 757. The van der Waals surface area contributed by atoms with E-state index in [0.717, 1.165) is 0 Å². The monoisotopic (exact) mass is 362 g/mol. The molecule has 1 heterocycles. The first-order valence-electron chi connectivity index (χ1n) is 7.81.